The molecule has 3 aromatic heterocycles. The first-order valence-electron chi connectivity index (χ1n) is 17.5. The number of hydrogen-bond donors (Lipinski definition) is 1. The van der Waals surface area contributed by atoms with Crippen LogP contribution in [0.2, 0.25) is 0 Å². The lowest BCUT2D eigenvalue weighted by Gasteiger charge is -2.35. The van der Waals surface area contributed by atoms with Crippen molar-refractivity contribution in [2.75, 3.05) is 39.4 Å². The van der Waals surface area contributed by atoms with Crippen molar-refractivity contribution in [2.24, 2.45) is 17.6 Å². The average Bonchev–Trinajstić information content (AvgIpc) is 3.76. The van der Waals surface area contributed by atoms with Crippen molar-refractivity contribution in [2.45, 2.75) is 76.8 Å². The zero-order chi connectivity index (χ0) is 31.4. The highest BCUT2D eigenvalue weighted by molar-refractivity contribution is 5.95. The van der Waals surface area contributed by atoms with Crippen LogP contribution in [0.1, 0.15) is 78.8 Å². The zero-order valence-electron chi connectivity index (χ0n) is 27.0. The van der Waals surface area contributed by atoms with Gasteiger partial charge in [-0.1, -0.05) is 18.2 Å². The lowest BCUT2D eigenvalue weighted by atomic mass is 9.87. The summed E-state index contributed by atoms with van der Waals surface area (Å²) in [5.41, 5.74) is 13.8. The van der Waals surface area contributed by atoms with Gasteiger partial charge in [0.05, 0.1) is 22.3 Å². The number of nitrogens with zero attached hydrogens (tertiary/aromatic N) is 5. The second kappa shape index (κ2) is 12.2. The fourth-order valence-corrected chi connectivity index (χ4v) is 8.16. The second-order valence-corrected chi connectivity index (χ2v) is 14.2. The Balaban J connectivity index is 1.11. The average molecular weight is 623 g/mol. The number of aryl methyl sites for hydroxylation is 1. The summed E-state index contributed by atoms with van der Waals surface area (Å²) in [5, 5.41) is 6.38. The highest BCUT2D eigenvalue weighted by Gasteiger charge is 2.32. The van der Waals surface area contributed by atoms with Gasteiger partial charge in [0.15, 0.2) is 0 Å². The molecule has 2 amide bonds. The van der Waals surface area contributed by atoms with Gasteiger partial charge in [-0.2, -0.15) is 5.10 Å². The maximum Gasteiger partial charge on any atom is 0.255 e. The summed E-state index contributed by atoms with van der Waals surface area (Å²) in [6.07, 6.45) is 10.0. The Morgan fingerprint density at radius 3 is 2.52 bits per heavy atom. The van der Waals surface area contributed by atoms with E-state index in [1.54, 1.807) is 0 Å². The molecule has 1 atom stereocenters. The van der Waals surface area contributed by atoms with Gasteiger partial charge < -0.3 is 24.8 Å². The fourth-order valence-electron chi connectivity index (χ4n) is 8.16. The molecule has 3 aliphatic heterocycles. The van der Waals surface area contributed by atoms with Gasteiger partial charge in [0.2, 0.25) is 5.91 Å². The van der Waals surface area contributed by atoms with Crippen LogP contribution in [0.4, 0.5) is 0 Å². The van der Waals surface area contributed by atoms with E-state index in [0.29, 0.717) is 43.1 Å². The first-order valence-corrected chi connectivity index (χ1v) is 17.5. The lowest BCUT2D eigenvalue weighted by Crippen LogP contribution is -2.45. The molecule has 3 saturated heterocycles. The van der Waals surface area contributed by atoms with E-state index < -0.39 is 0 Å². The minimum absolute atomic E-state index is 0.0275. The number of aromatic nitrogens is 3. The van der Waals surface area contributed by atoms with Crippen molar-refractivity contribution < 1.29 is 14.3 Å². The molecule has 1 aromatic carbocycles. The van der Waals surface area contributed by atoms with E-state index in [1.807, 2.05) is 27.7 Å². The molecule has 1 aliphatic carbocycles. The third-order valence-corrected chi connectivity index (χ3v) is 11.0. The summed E-state index contributed by atoms with van der Waals surface area (Å²) >= 11 is 0. The standard InChI is InChI=1S/C37H46N6O3/c1-24-32-10-9-29(37(45)41-15-3-5-30(38)23-41)22-43(32)39-34(24)33-20-28-4-2-6-31(35(28)42(33)21-25-7-8-25)26-11-16-40(17-12-26)36(44)27-13-18-46-19-14-27/h2,4,6,9-10,20,22,25-27,30H,3,5,7-8,11-19,21,23,38H2,1H3. The maximum atomic E-state index is 13.4. The largest absolute Gasteiger partial charge is 0.381 e. The van der Waals surface area contributed by atoms with Gasteiger partial charge in [0.1, 0.15) is 5.69 Å². The van der Waals surface area contributed by atoms with Crippen LogP contribution in [0.5, 0.6) is 0 Å². The molecule has 9 heteroatoms. The molecule has 1 unspecified atom stereocenters. The summed E-state index contributed by atoms with van der Waals surface area (Å²) < 4.78 is 9.93. The van der Waals surface area contributed by atoms with E-state index in [0.717, 1.165) is 87.2 Å². The Kier molecular flexibility index (Phi) is 7.85. The number of fused-ring (bicyclic) bond motifs is 2. The van der Waals surface area contributed by atoms with Crippen molar-refractivity contribution in [3.63, 3.8) is 0 Å². The highest BCUT2D eigenvalue weighted by atomic mass is 16.5. The number of likely N-dealkylation sites (tertiary alicyclic amines) is 2. The minimum Gasteiger partial charge on any atom is -0.381 e. The molecule has 242 valence electrons. The number of nitrogens with two attached hydrogens (primary N) is 1. The number of ether oxygens (including phenoxy) is 1. The number of hydrogen-bond acceptors (Lipinski definition) is 5. The van der Waals surface area contributed by atoms with Gasteiger partial charge in [0.25, 0.3) is 5.91 Å². The van der Waals surface area contributed by atoms with Gasteiger partial charge in [-0.05, 0) is 93.9 Å². The van der Waals surface area contributed by atoms with Crippen LogP contribution in [0.3, 0.4) is 0 Å². The Morgan fingerprint density at radius 2 is 1.76 bits per heavy atom. The van der Waals surface area contributed by atoms with Crippen LogP contribution in [-0.4, -0.2) is 81.2 Å². The van der Waals surface area contributed by atoms with Crippen LogP contribution in [0.15, 0.2) is 42.6 Å². The van der Waals surface area contributed by atoms with Gasteiger partial charge in [-0.3, -0.25) is 9.59 Å². The summed E-state index contributed by atoms with van der Waals surface area (Å²) in [6.45, 7) is 7.55. The fraction of sp³-hybridized carbons (Fsp3) is 0.541. The molecule has 8 rings (SSSR count). The van der Waals surface area contributed by atoms with E-state index in [9.17, 15) is 9.59 Å². The van der Waals surface area contributed by atoms with Crippen LogP contribution < -0.4 is 5.73 Å². The normalized spacial score (nSPS) is 21.8. The Bertz CT molecular complexity index is 1770. The summed E-state index contributed by atoms with van der Waals surface area (Å²) in [5.74, 6) is 1.59. The highest BCUT2D eigenvalue weighted by Crippen LogP contribution is 2.41. The molecule has 1 saturated carbocycles. The van der Waals surface area contributed by atoms with E-state index in [2.05, 4.69) is 40.7 Å². The molecule has 4 aromatic rings. The second-order valence-electron chi connectivity index (χ2n) is 14.2. The van der Waals surface area contributed by atoms with Crippen molar-refractivity contribution in [3.8, 4) is 11.4 Å². The molecular formula is C37H46N6O3. The summed E-state index contributed by atoms with van der Waals surface area (Å²) in [6, 6.07) is 13.1. The van der Waals surface area contributed by atoms with Crippen molar-refractivity contribution in [1.29, 1.82) is 0 Å². The van der Waals surface area contributed by atoms with E-state index in [1.165, 1.54) is 29.3 Å². The van der Waals surface area contributed by atoms with Crippen LogP contribution in [0.25, 0.3) is 27.8 Å². The zero-order valence-corrected chi connectivity index (χ0v) is 27.0. The molecule has 46 heavy (non-hydrogen) atoms. The molecule has 0 bridgehead atoms. The molecule has 0 radical (unpaired) electrons. The molecular weight excluding hydrogens is 576 g/mol. The molecule has 4 fully saturated rings. The number of carbonyl (C=O) groups is 2. The summed E-state index contributed by atoms with van der Waals surface area (Å²) in [7, 11) is 0. The monoisotopic (exact) mass is 622 g/mol. The smallest absolute Gasteiger partial charge is 0.255 e. The van der Waals surface area contributed by atoms with E-state index in [-0.39, 0.29) is 17.9 Å². The number of rotatable bonds is 6. The molecule has 6 heterocycles. The van der Waals surface area contributed by atoms with Crippen LogP contribution in [-0.2, 0) is 16.1 Å². The number of pyridine rings is 1. The molecule has 2 N–H and O–H groups in total. The number of para-hydroxylation sites is 1. The third kappa shape index (κ3) is 5.51. The summed E-state index contributed by atoms with van der Waals surface area (Å²) in [4.78, 5) is 30.6. The van der Waals surface area contributed by atoms with Crippen LogP contribution >= 0.6 is 0 Å². The Labute approximate surface area is 270 Å². The van der Waals surface area contributed by atoms with Crippen molar-refractivity contribution in [1.82, 2.24) is 24.0 Å². The van der Waals surface area contributed by atoms with Gasteiger partial charge in [0, 0.05) is 75.0 Å². The third-order valence-electron chi connectivity index (χ3n) is 11.0. The van der Waals surface area contributed by atoms with E-state index in [4.69, 9.17) is 15.6 Å². The van der Waals surface area contributed by atoms with Crippen molar-refractivity contribution in [3.05, 3.63) is 59.3 Å². The predicted octanol–water partition coefficient (Wildman–Crippen LogP) is 5.37. The topological polar surface area (TPSA) is 98.1 Å². The van der Waals surface area contributed by atoms with Crippen LogP contribution in [0, 0.1) is 18.8 Å². The first kappa shape index (κ1) is 29.7. The van der Waals surface area contributed by atoms with Gasteiger partial charge >= 0.3 is 0 Å². The Morgan fingerprint density at radius 1 is 0.957 bits per heavy atom. The predicted molar refractivity (Wildman–Crippen MR) is 179 cm³/mol. The Hall–Kier alpha value is -3.69. The SMILES string of the molecule is Cc1c(-c2cc3cccc(C4CCN(C(=O)C5CCOCC5)CC4)c3n2CC2CC2)nn2cc(C(=O)N3CCCC(N)C3)ccc12. The van der Waals surface area contributed by atoms with Crippen molar-refractivity contribution >= 4 is 28.2 Å². The molecule has 4 aliphatic rings. The lowest BCUT2D eigenvalue weighted by molar-refractivity contribution is -0.139. The molecule has 9 nitrogen and oxygen atoms in total. The van der Waals surface area contributed by atoms with Gasteiger partial charge in [-0.25, -0.2) is 4.52 Å². The number of amides is 2. The maximum absolute atomic E-state index is 13.4. The van der Waals surface area contributed by atoms with Gasteiger partial charge in [-0.15, -0.1) is 0 Å². The van der Waals surface area contributed by atoms with E-state index >= 15 is 0 Å². The number of piperidine rings is 2. The quantitative estimate of drug-likeness (QED) is 0.312. The number of carbonyl (C=O) groups excluding carboxylic acids is 2. The number of benzene rings is 1. The molecule has 0 spiro atoms. The minimum atomic E-state index is 0.0275. The first-order chi connectivity index (χ1) is 22.4.